The van der Waals surface area contributed by atoms with Gasteiger partial charge in [-0.05, 0) is 32.4 Å². The van der Waals surface area contributed by atoms with E-state index in [1.165, 1.54) is 32.4 Å². The Hall–Kier alpha value is -0.650. The van der Waals surface area contributed by atoms with E-state index in [0.29, 0.717) is 13.2 Å². The Morgan fingerprint density at radius 1 is 1.05 bits per heavy atom. The van der Waals surface area contributed by atoms with E-state index in [1.54, 1.807) is 0 Å². The SMILES string of the molecule is CC.NC(=O)COCCCOCCN1CCCCC1. The van der Waals surface area contributed by atoms with Crippen LogP contribution in [0.2, 0.25) is 0 Å². The number of likely N-dealkylation sites (tertiary alicyclic amines) is 1. The number of rotatable bonds is 9. The summed E-state index contributed by atoms with van der Waals surface area (Å²) in [5.74, 6) is -0.420. The molecule has 0 saturated carbocycles. The summed E-state index contributed by atoms with van der Waals surface area (Å²) < 4.78 is 10.5. The molecule has 1 rings (SSSR count). The highest BCUT2D eigenvalue weighted by Crippen LogP contribution is 2.07. The van der Waals surface area contributed by atoms with Crippen LogP contribution in [0.5, 0.6) is 0 Å². The summed E-state index contributed by atoms with van der Waals surface area (Å²) in [6.07, 6.45) is 4.82. The van der Waals surface area contributed by atoms with Crippen LogP contribution in [-0.4, -0.2) is 56.9 Å². The second-order valence-corrected chi connectivity index (χ2v) is 4.39. The van der Waals surface area contributed by atoms with Crippen molar-refractivity contribution in [1.29, 1.82) is 0 Å². The normalized spacial score (nSPS) is 15.7. The van der Waals surface area contributed by atoms with Gasteiger partial charge in [-0.3, -0.25) is 4.79 Å². The van der Waals surface area contributed by atoms with E-state index in [4.69, 9.17) is 15.2 Å². The fourth-order valence-electron chi connectivity index (χ4n) is 1.91. The van der Waals surface area contributed by atoms with Gasteiger partial charge in [0.1, 0.15) is 6.61 Å². The first-order chi connectivity index (χ1) is 9.29. The van der Waals surface area contributed by atoms with E-state index >= 15 is 0 Å². The number of nitrogens with zero attached hydrogens (tertiary/aromatic N) is 1. The molecule has 1 aliphatic heterocycles. The maximum absolute atomic E-state index is 10.4. The minimum absolute atomic E-state index is 0.00772. The standard InChI is InChI=1S/C12H24N2O3.C2H6/c13-12(15)11-17-9-4-8-16-10-7-14-5-2-1-3-6-14;1-2/h1-11H2,(H2,13,15);1-2H3. The Morgan fingerprint density at radius 3 is 2.32 bits per heavy atom. The molecule has 0 radical (unpaired) electrons. The van der Waals surface area contributed by atoms with Crippen molar-refractivity contribution < 1.29 is 14.3 Å². The van der Waals surface area contributed by atoms with Crippen molar-refractivity contribution in [3.8, 4) is 0 Å². The molecule has 1 fully saturated rings. The van der Waals surface area contributed by atoms with E-state index in [1.807, 2.05) is 13.8 Å². The van der Waals surface area contributed by atoms with Crippen LogP contribution in [0, 0.1) is 0 Å². The fraction of sp³-hybridized carbons (Fsp3) is 0.929. The van der Waals surface area contributed by atoms with Gasteiger partial charge in [0.05, 0.1) is 6.61 Å². The second kappa shape index (κ2) is 13.8. The van der Waals surface area contributed by atoms with E-state index in [-0.39, 0.29) is 6.61 Å². The van der Waals surface area contributed by atoms with Crippen LogP contribution in [-0.2, 0) is 14.3 Å². The number of carbonyl (C=O) groups is 1. The predicted octanol–water partition coefficient (Wildman–Crippen LogP) is 1.41. The molecule has 0 aliphatic carbocycles. The van der Waals surface area contributed by atoms with Gasteiger partial charge in [0.2, 0.25) is 5.91 Å². The molecule has 0 aromatic carbocycles. The van der Waals surface area contributed by atoms with Crippen molar-refractivity contribution in [3.05, 3.63) is 0 Å². The molecule has 1 heterocycles. The van der Waals surface area contributed by atoms with Crippen molar-refractivity contribution in [1.82, 2.24) is 4.90 Å². The smallest absolute Gasteiger partial charge is 0.243 e. The number of carbonyl (C=O) groups excluding carboxylic acids is 1. The molecule has 5 heteroatoms. The number of ether oxygens (including phenoxy) is 2. The average molecular weight is 274 g/mol. The largest absolute Gasteiger partial charge is 0.380 e. The number of piperidine rings is 1. The van der Waals surface area contributed by atoms with Gasteiger partial charge in [-0.1, -0.05) is 20.3 Å². The Kier molecular flexibility index (Phi) is 13.3. The highest BCUT2D eigenvalue weighted by Gasteiger charge is 2.08. The molecular weight excluding hydrogens is 244 g/mol. The third kappa shape index (κ3) is 12.1. The summed E-state index contributed by atoms with van der Waals surface area (Å²) in [6.45, 7) is 9.47. The third-order valence-electron chi connectivity index (χ3n) is 2.82. The topological polar surface area (TPSA) is 64.8 Å². The lowest BCUT2D eigenvalue weighted by atomic mass is 10.1. The molecule has 1 aliphatic rings. The lowest BCUT2D eigenvalue weighted by molar-refractivity contribution is -0.122. The summed E-state index contributed by atoms with van der Waals surface area (Å²) in [6, 6.07) is 0. The second-order valence-electron chi connectivity index (χ2n) is 4.39. The van der Waals surface area contributed by atoms with Gasteiger partial charge in [0.25, 0.3) is 0 Å². The summed E-state index contributed by atoms with van der Waals surface area (Å²) in [4.78, 5) is 12.8. The maximum Gasteiger partial charge on any atom is 0.243 e. The van der Waals surface area contributed by atoms with E-state index in [9.17, 15) is 4.79 Å². The molecule has 19 heavy (non-hydrogen) atoms. The Morgan fingerprint density at radius 2 is 1.68 bits per heavy atom. The lowest BCUT2D eigenvalue weighted by Crippen LogP contribution is -2.32. The van der Waals surface area contributed by atoms with Crippen molar-refractivity contribution >= 4 is 5.91 Å². The van der Waals surface area contributed by atoms with Crippen LogP contribution in [0.3, 0.4) is 0 Å². The van der Waals surface area contributed by atoms with Gasteiger partial charge < -0.3 is 20.1 Å². The average Bonchev–Trinajstić information content (AvgIpc) is 2.45. The zero-order valence-electron chi connectivity index (χ0n) is 12.5. The van der Waals surface area contributed by atoms with Crippen molar-refractivity contribution in [3.63, 3.8) is 0 Å². The summed E-state index contributed by atoms with van der Waals surface area (Å²) in [5, 5.41) is 0. The Balaban J connectivity index is 0.00000154. The molecule has 114 valence electrons. The molecule has 0 spiro atoms. The summed E-state index contributed by atoms with van der Waals surface area (Å²) in [7, 11) is 0. The quantitative estimate of drug-likeness (QED) is 0.646. The highest BCUT2D eigenvalue weighted by molar-refractivity contribution is 5.74. The zero-order valence-corrected chi connectivity index (χ0v) is 12.5. The molecule has 0 aromatic heterocycles. The van der Waals surface area contributed by atoms with Crippen LogP contribution in [0.1, 0.15) is 39.5 Å². The molecule has 0 atom stereocenters. The van der Waals surface area contributed by atoms with Gasteiger partial charge in [-0.15, -0.1) is 0 Å². The molecule has 1 amide bonds. The van der Waals surface area contributed by atoms with Crippen molar-refractivity contribution in [2.24, 2.45) is 5.73 Å². The fourth-order valence-corrected chi connectivity index (χ4v) is 1.91. The molecule has 0 aromatic rings. The minimum atomic E-state index is -0.420. The van der Waals surface area contributed by atoms with Crippen molar-refractivity contribution in [2.75, 3.05) is 46.1 Å². The summed E-state index contributed by atoms with van der Waals surface area (Å²) in [5.41, 5.74) is 4.94. The van der Waals surface area contributed by atoms with Crippen LogP contribution >= 0.6 is 0 Å². The first-order valence-corrected chi connectivity index (χ1v) is 7.45. The summed E-state index contributed by atoms with van der Waals surface area (Å²) >= 11 is 0. The first-order valence-electron chi connectivity index (χ1n) is 7.45. The molecule has 0 bridgehead atoms. The lowest BCUT2D eigenvalue weighted by Gasteiger charge is -2.26. The highest BCUT2D eigenvalue weighted by atomic mass is 16.5. The molecule has 1 saturated heterocycles. The molecule has 2 N–H and O–H groups in total. The zero-order chi connectivity index (χ0) is 14.3. The maximum atomic E-state index is 10.4. The van der Waals surface area contributed by atoms with Gasteiger partial charge in [-0.2, -0.15) is 0 Å². The van der Waals surface area contributed by atoms with Crippen LogP contribution in [0.25, 0.3) is 0 Å². The van der Waals surface area contributed by atoms with E-state index in [2.05, 4.69) is 4.90 Å². The van der Waals surface area contributed by atoms with Gasteiger partial charge >= 0.3 is 0 Å². The number of amides is 1. The Bertz CT molecular complexity index is 207. The number of nitrogens with two attached hydrogens (primary N) is 1. The molecule has 0 unspecified atom stereocenters. The third-order valence-corrected chi connectivity index (χ3v) is 2.82. The number of hydrogen-bond donors (Lipinski definition) is 1. The van der Waals surface area contributed by atoms with Crippen LogP contribution < -0.4 is 5.73 Å². The molecular formula is C14H30N2O3. The van der Waals surface area contributed by atoms with Gasteiger partial charge in [0.15, 0.2) is 0 Å². The van der Waals surface area contributed by atoms with Gasteiger partial charge in [0, 0.05) is 19.8 Å². The van der Waals surface area contributed by atoms with Gasteiger partial charge in [-0.25, -0.2) is 0 Å². The van der Waals surface area contributed by atoms with Crippen LogP contribution in [0.4, 0.5) is 0 Å². The monoisotopic (exact) mass is 274 g/mol. The van der Waals surface area contributed by atoms with E-state index in [0.717, 1.165) is 19.6 Å². The van der Waals surface area contributed by atoms with Crippen LogP contribution in [0.15, 0.2) is 0 Å². The molecule has 5 nitrogen and oxygen atoms in total. The van der Waals surface area contributed by atoms with Crippen molar-refractivity contribution in [2.45, 2.75) is 39.5 Å². The predicted molar refractivity (Wildman–Crippen MR) is 77.1 cm³/mol. The number of hydrogen-bond acceptors (Lipinski definition) is 4. The minimum Gasteiger partial charge on any atom is -0.380 e. The number of primary amides is 1. The van der Waals surface area contributed by atoms with E-state index < -0.39 is 5.91 Å². The first kappa shape index (κ1) is 18.4. The Labute approximate surface area is 117 Å².